The van der Waals surface area contributed by atoms with Gasteiger partial charge in [0.1, 0.15) is 15.7 Å². The topological polar surface area (TPSA) is 141 Å². The Bertz CT molecular complexity index is 1860. The van der Waals surface area contributed by atoms with Gasteiger partial charge in [-0.2, -0.15) is 4.98 Å². The van der Waals surface area contributed by atoms with Crippen LogP contribution in [-0.4, -0.2) is 72.2 Å². The van der Waals surface area contributed by atoms with Gasteiger partial charge in [-0.1, -0.05) is 24.3 Å². The number of carbonyl (C=O) groups is 2. The molecule has 266 valence electrons. The van der Waals surface area contributed by atoms with Crippen LogP contribution in [0.15, 0.2) is 29.1 Å². The summed E-state index contributed by atoms with van der Waals surface area (Å²) in [5.74, 6) is -3.83. The number of fused-ring (bicyclic) bond motifs is 9. The largest absolute Gasteiger partial charge is 0.363 e. The van der Waals surface area contributed by atoms with Crippen molar-refractivity contribution in [3.63, 3.8) is 0 Å². The number of aromatic nitrogens is 2. The number of hydrogen-bond donors (Lipinski definition) is 3. The number of anilines is 1. The van der Waals surface area contributed by atoms with Gasteiger partial charge in [0.05, 0.1) is 22.9 Å². The fraction of sp³-hybridized carbons (Fsp3) is 0.611. The zero-order valence-electron chi connectivity index (χ0n) is 28.3. The molecule has 5 aliphatic rings. The number of nitrogens with one attached hydrogen (secondary N) is 3. The van der Waals surface area contributed by atoms with Crippen LogP contribution in [0, 0.1) is 17.8 Å². The Morgan fingerprint density at radius 2 is 1.73 bits per heavy atom. The molecule has 0 spiro atoms. The molecule has 0 saturated carbocycles. The molecule has 1 amide bonds. The lowest BCUT2D eigenvalue weighted by Crippen LogP contribution is -2.49. The molecule has 3 atom stereocenters. The standard InChI is InChI=1S/C36H47F2N5O5S/c1-22-25-6-5-7-28(20-25)36(37,38)27-11-16-43(17-12-27)23(2)34(45)39-15-4-3-8-29-31-30(33(40-22)42-35(46)41-31)21-26(32(29)44)10-9-24-13-18-49(47,48)19-14-24/h5-7,20-24,26-27H,3-4,8-19H2,1-2H3,(H,39,45)(H2,40,41,42,46)/t22-,23?,26?/m1/s1. The van der Waals surface area contributed by atoms with Crippen LogP contribution in [0.5, 0.6) is 0 Å². The first-order valence-electron chi connectivity index (χ1n) is 17.7. The summed E-state index contributed by atoms with van der Waals surface area (Å²) in [5.41, 5.74) is 0.415. The molecule has 0 radical (unpaired) electrons. The molecule has 1 aliphatic carbocycles. The van der Waals surface area contributed by atoms with Crippen molar-refractivity contribution in [3.05, 3.63) is 56.4 Å². The highest BCUT2D eigenvalue weighted by molar-refractivity contribution is 7.91. The second kappa shape index (κ2) is 14.4. The fourth-order valence-electron chi connectivity index (χ4n) is 7.86. The number of aromatic amines is 1. The lowest BCUT2D eigenvalue weighted by atomic mass is 9.83. The number of piperidine rings is 1. The van der Waals surface area contributed by atoms with Gasteiger partial charge in [0.2, 0.25) is 5.91 Å². The van der Waals surface area contributed by atoms with Crippen molar-refractivity contribution in [1.82, 2.24) is 20.2 Å². The molecule has 13 heteroatoms. The molecule has 49 heavy (non-hydrogen) atoms. The van der Waals surface area contributed by atoms with Crippen LogP contribution < -0.4 is 26.9 Å². The molecule has 10 nitrogen and oxygen atoms in total. The molecule has 5 heterocycles. The lowest BCUT2D eigenvalue weighted by Gasteiger charge is -2.38. The van der Waals surface area contributed by atoms with E-state index in [9.17, 15) is 22.8 Å². The van der Waals surface area contributed by atoms with Crippen LogP contribution in [0.2, 0.25) is 0 Å². The van der Waals surface area contributed by atoms with Crippen molar-refractivity contribution < 1.29 is 26.8 Å². The van der Waals surface area contributed by atoms with Crippen molar-refractivity contribution in [2.24, 2.45) is 17.8 Å². The average molecular weight is 700 g/mol. The van der Waals surface area contributed by atoms with E-state index in [0.717, 1.165) is 0 Å². The van der Waals surface area contributed by atoms with E-state index in [-0.39, 0.29) is 53.3 Å². The second-order valence-electron chi connectivity index (χ2n) is 14.3. The van der Waals surface area contributed by atoms with Crippen molar-refractivity contribution in [1.29, 1.82) is 0 Å². The van der Waals surface area contributed by atoms with Gasteiger partial charge in [0.15, 0.2) is 5.78 Å². The zero-order chi connectivity index (χ0) is 34.9. The van der Waals surface area contributed by atoms with Gasteiger partial charge in [-0.15, -0.1) is 0 Å². The van der Waals surface area contributed by atoms with Gasteiger partial charge in [0.25, 0.3) is 5.92 Å². The first-order chi connectivity index (χ1) is 23.3. The van der Waals surface area contributed by atoms with E-state index >= 15 is 8.78 Å². The van der Waals surface area contributed by atoms with Crippen molar-refractivity contribution in [2.75, 3.05) is 36.5 Å². The van der Waals surface area contributed by atoms with Crippen LogP contribution in [0.4, 0.5) is 14.6 Å². The Balaban J connectivity index is 1.35. The molecule has 1 aromatic heterocycles. The van der Waals surface area contributed by atoms with E-state index in [1.54, 1.807) is 19.1 Å². The van der Waals surface area contributed by atoms with Crippen molar-refractivity contribution >= 4 is 39.0 Å². The summed E-state index contributed by atoms with van der Waals surface area (Å²) in [6, 6.07) is 5.43. The summed E-state index contributed by atoms with van der Waals surface area (Å²) < 4.78 is 55.9. The molecular weight excluding hydrogens is 652 g/mol. The summed E-state index contributed by atoms with van der Waals surface area (Å²) >= 11 is 0. The van der Waals surface area contributed by atoms with E-state index in [1.165, 1.54) is 12.1 Å². The molecule has 7 rings (SSSR count). The van der Waals surface area contributed by atoms with E-state index in [2.05, 4.69) is 20.6 Å². The molecule has 2 fully saturated rings. The number of hydrogen-bond acceptors (Lipinski definition) is 8. The molecule has 2 aromatic rings. The SMILES string of the molecule is CC1C(=O)NCCCCC2=c3[nH]c(=O)nc(c3=CC(CCC3CCS(=O)(=O)CC3)C2=O)N[C@H](C)c2cccc(c2)C(F)(F)C2CCN1CC2. The number of sulfone groups is 1. The molecule has 8 bridgehead atoms. The molecule has 3 N–H and O–H groups in total. The maximum Gasteiger partial charge on any atom is 0.347 e. The van der Waals surface area contributed by atoms with Gasteiger partial charge in [-0.25, -0.2) is 22.0 Å². The highest BCUT2D eigenvalue weighted by atomic mass is 32.2. The van der Waals surface area contributed by atoms with Gasteiger partial charge in [0, 0.05) is 40.8 Å². The Kier molecular flexibility index (Phi) is 10.4. The molecule has 1 aromatic carbocycles. The van der Waals surface area contributed by atoms with E-state index in [0.29, 0.717) is 86.3 Å². The van der Waals surface area contributed by atoms with Crippen molar-refractivity contribution in [2.45, 2.75) is 89.6 Å². The van der Waals surface area contributed by atoms with Crippen LogP contribution in [0.3, 0.4) is 0 Å². The number of ketones is 1. The molecule has 4 aliphatic heterocycles. The normalized spacial score (nSPS) is 29.2. The third-order valence-corrected chi connectivity index (χ3v) is 12.8. The number of carbonyl (C=O) groups excluding carboxylic acids is 2. The van der Waals surface area contributed by atoms with Crippen LogP contribution >= 0.6 is 0 Å². The second-order valence-corrected chi connectivity index (χ2v) is 16.6. The predicted octanol–water partition coefficient (Wildman–Crippen LogP) is 3.17. The van der Waals surface area contributed by atoms with Crippen molar-refractivity contribution in [3.8, 4) is 0 Å². The van der Waals surface area contributed by atoms with E-state index in [4.69, 9.17) is 0 Å². The molecular formula is C36H47F2N5O5S. The number of halogens is 2. The third kappa shape index (κ3) is 7.82. The Morgan fingerprint density at radius 3 is 2.47 bits per heavy atom. The molecule has 2 unspecified atom stereocenters. The summed E-state index contributed by atoms with van der Waals surface area (Å²) in [6.45, 7) is 4.85. The minimum Gasteiger partial charge on any atom is -0.363 e. The molecule has 2 saturated heterocycles. The van der Waals surface area contributed by atoms with Crippen LogP contribution in [0.25, 0.3) is 11.6 Å². The fourth-order valence-corrected chi connectivity index (χ4v) is 9.45. The summed E-state index contributed by atoms with van der Waals surface area (Å²) in [5, 5.41) is 7.28. The van der Waals surface area contributed by atoms with E-state index in [1.807, 2.05) is 17.9 Å². The average Bonchev–Trinajstić information content (AvgIpc) is 3.08. The Labute approximate surface area is 285 Å². The van der Waals surface area contributed by atoms with Crippen LogP contribution in [0.1, 0.15) is 88.8 Å². The van der Waals surface area contributed by atoms with Gasteiger partial charge >= 0.3 is 5.69 Å². The number of Topliss-reactive ketones (excluding diaryl/α,β-unsaturated/α-hetero) is 1. The van der Waals surface area contributed by atoms with Gasteiger partial charge in [-0.05, 0) is 102 Å². The number of rotatable bonds is 3. The number of nitrogens with zero attached hydrogens (tertiary/aromatic N) is 2. The first-order valence-corrected chi connectivity index (χ1v) is 19.5. The summed E-state index contributed by atoms with van der Waals surface area (Å²) in [6.07, 6.45) is 6.37. The predicted molar refractivity (Wildman–Crippen MR) is 184 cm³/mol. The van der Waals surface area contributed by atoms with Crippen LogP contribution in [-0.2, 0) is 25.3 Å². The summed E-state index contributed by atoms with van der Waals surface area (Å²) in [7, 11) is -3.00. The monoisotopic (exact) mass is 699 g/mol. The maximum absolute atomic E-state index is 16.0. The quantitative estimate of drug-likeness (QED) is 0.444. The maximum atomic E-state index is 16.0. The smallest absolute Gasteiger partial charge is 0.347 e. The summed E-state index contributed by atoms with van der Waals surface area (Å²) in [4.78, 5) is 48.9. The van der Waals surface area contributed by atoms with Gasteiger partial charge < -0.3 is 15.6 Å². The number of benzene rings is 1. The Morgan fingerprint density at radius 1 is 1.00 bits per heavy atom. The number of alkyl halides is 2. The number of H-pyrrole nitrogens is 1. The lowest BCUT2D eigenvalue weighted by molar-refractivity contribution is -0.128. The highest BCUT2D eigenvalue weighted by Crippen LogP contribution is 2.42. The third-order valence-electron chi connectivity index (χ3n) is 11.1. The first kappa shape index (κ1) is 35.4. The van der Waals surface area contributed by atoms with E-state index < -0.39 is 45.4 Å². The minimum absolute atomic E-state index is 0.0713. The zero-order valence-corrected chi connectivity index (χ0v) is 29.1. The number of amides is 1. The van der Waals surface area contributed by atoms with Gasteiger partial charge in [-0.3, -0.25) is 14.5 Å². The highest BCUT2D eigenvalue weighted by Gasteiger charge is 2.43. The minimum atomic E-state index is -3.07. The Hall–Kier alpha value is -3.45.